The molecule has 0 aliphatic heterocycles. The van der Waals surface area contributed by atoms with Crippen LogP contribution in [0, 0.1) is 6.92 Å². The zero-order valence-electron chi connectivity index (χ0n) is 13.6. The Hall–Kier alpha value is -2.34. The van der Waals surface area contributed by atoms with Gasteiger partial charge in [0.1, 0.15) is 6.04 Å². The summed E-state index contributed by atoms with van der Waals surface area (Å²) < 4.78 is 1.57. The Morgan fingerprint density at radius 1 is 1.38 bits per heavy atom. The number of nitrogens with one attached hydrogen (secondary N) is 1. The highest BCUT2D eigenvalue weighted by atomic mass is 35.5. The first kappa shape index (κ1) is 18.0. The van der Waals surface area contributed by atoms with Crippen LogP contribution in [0.15, 0.2) is 30.5 Å². The van der Waals surface area contributed by atoms with E-state index in [0.717, 1.165) is 12.8 Å². The molecule has 6 nitrogen and oxygen atoms in total. The summed E-state index contributed by atoms with van der Waals surface area (Å²) in [5.74, 6) is -1.48. The zero-order chi connectivity index (χ0) is 17.7. The van der Waals surface area contributed by atoms with Crippen LogP contribution >= 0.6 is 11.6 Å². The van der Waals surface area contributed by atoms with Crippen LogP contribution in [-0.2, 0) is 4.79 Å². The van der Waals surface area contributed by atoms with E-state index in [2.05, 4.69) is 10.4 Å². The molecule has 0 aliphatic rings. The number of unbranched alkanes of at least 4 members (excludes halogenated alkanes) is 1. The minimum atomic E-state index is -1.03. The number of aliphatic carboxylic acids is 1. The number of hydrogen-bond acceptors (Lipinski definition) is 3. The maximum absolute atomic E-state index is 12.4. The summed E-state index contributed by atoms with van der Waals surface area (Å²) in [5.41, 5.74) is 1.59. The SMILES string of the molecule is CCCC[C@H](NC(=O)c1cnn(-c2ccccc2Cl)c1C)C(=O)O. The van der Waals surface area contributed by atoms with Gasteiger partial charge in [0, 0.05) is 0 Å². The summed E-state index contributed by atoms with van der Waals surface area (Å²) in [6.07, 6.45) is 3.42. The normalized spacial score (nSPS) is 12.0. The van der Waals surface area contributed by atoms with Gasteiger partial charge in [-0.25, -0.2) is 9.48 Å². The third-order valence-electron chi connectivity index (χ3n) is 3.78. The van der Waals surface area contributed by atoms with Crippen molar-refractivity contribution in [3.8, 4) is 5.69 Å². The summed E-state index contributed by atoms with van der Waals surface area (Å²) in [6, 6.07) is 6.27. The lowest BCUT2D eigenvalue weighted by Gasteiger charge is -2.14. The summed E-state index contributed by atoms with van der Waals surface area (Å²) in [7, 11) is 0. The molecular formula is C17H20ClN3O3. The highest BCUT2D eigenvalue weighted by Crippen LogP contribution is 2.22. The second-order valence-corrected chi connectivity index (χ2v) is 5.92. The number of carboxylic acid groups (broad SMARTS) is 1. The first-order valence-corrected chi connectivity index (χ1v) is 8.16. The Kier molecular flexibility index (Phi) is 5.98. The van der Waals surface area contributed by atoms with E-state index < -0.39 is 17.9 Å². The fourth-order valence-corrected chi connectivity index (χ4v) is 2.62. The second-order valence-electron chi connectivity index (χ2n) is 5.51. The van der Waals surface area contributed by atoms with Crippen LogP contribution in [0.2, 0.25) is 5.02 Å². The van der Waals surface area contributed by atoms with E-state index in [4.69, 9.17) is 11.6 Å². The molecule has 0 bridgehead atoms. The number of benzene rings is 1. The highest BCUT2D eigenvalue weighted by Gasteiger charge is 2.23. The molecule has 1 aromatic carbocycles. The minimum absolute atomic E-state index is 0.331. The van der Waals surface area contributed by atoms with Gasteiger partial charge in [-0.15, -0.1) is 0 Å². The molecule has 0 saturated heterocycles. The Balaban J connectivity index is 2.22. The molecule has 1 atom stereocenters. The van der Waals surface area contributed by atoms with E-state index in [9.17, 15) is 14.7 Å². The lowest BCUT2D eigenvalue weighted by atomic mass is 10.1. The Morgan fingerprint density at radius 3 is 2.71 bits per heavy atom. The number of hydrogen-bond donors (Lipinski definition) is 2. The van der Waals surface area contributed by atoms with Crippen molar-refractivity contribution in [2.45, 2.75) is 39.2 Å². The predicted octanol–water partition coefficient (Wildman–Crippen LogP) is 3.21. The van der Waals surface area contributed by atoms with Crippen LogP contribution in [0.25, 0.3) is 5.69 Å². The number of halogens is 1. The monoisotopic (exact) mass is 349 g/mol. The molecule has 24 heavy (non-hydrogen) atoms. The number of carboxylic acids is 1. The van der Waals surface area contributed by atoms with Gasteiger partial charge in [-0.1, -0.05) is 43.5 Å². The lowest BCUT2D eigenvalue weighted by Crippen LogP contribution is -2.40. The van der Waals surface area contributed by atoms with Crippen molar-refractivity contribution in [3.05, 3.63) is 46.7 Å². The Bertz CT molecular complexity index is 742. The molecular weight excluding hydrogens is 330 g/mol. The highest BCUT2D eigenvalue weighted by molar-refractivity contribution is 6.32. The molecule has 1 amide bonds. The van der Waals surface area contributed by atoms with Crippen LogP contribution in [0.1, 0.15) is 42.2 Å². The molecule has 0 unspecified atom stereocenters. The molecule has 1 aromatic heterocycles. The summed E-state index contributed by atoms with van der Waals surface area (Å²) in [6.45, 7) is 3.71. The predicted molar refractivity (Wildman–Crippen MR) is 91.7 cm³/mol. The van der Waals surface area contributed by atoms with Gasteiger partial charge in [0.25, 0.3) is 5.91 Å². The maximum atomic E-state index is 12.4. The second kappa shape index (κ2) is 7.97. The number of para-hydroxylation sites is 1. The van der Waals surface area contributed by atoms with Gasteiger partial charge in [-0.05, 0) is 25.5 Å². The largest absolute Gasteiger partial charge is 0.480 e. The lowest BCUT2D eigenvalue weighted by molar-refractivity contribution is -0.139. The van der Waals surface area contributed by atoms with Crippen LogP contribution in [0.3, 0.4) is 0 Å². The molecule has 0 radical (unpaired) electrons. The van der Waals surface area contributed by atoms with Gasteiger partial charge >= 0.3 is 5.97 Å². The maximum Gasteiger partial charge on any atom is 0.326 e. The Morgan fingerprint density at radius 2 is 2.08 bits per heavy atom. The average Bonchev–Trinajstić information content (AvgIpc) is 2.93. The zero-order valence-corrected chi connectivity index (χ0v) is 14.4. The quantitative estimate of drug-likeness (QED) is 0.803. The summed E-state index contributed by atoms with van der Waals surface area (Å²) >= 11 is 6.16. The average molecular weight is 350 g/mol. The van der Waals surface area contributed by atoms with Gasteiger partial charge in [0.15, 0.2) is 0 Å². The molecule has 2 rings (SSSR count). The van der Waals surface area contributed by atoms with Crippen LogP contribution in [0.5, 0.6) is 0 Å². The van der Waals surface area contributed by atoms with Gasteiger partial charge in [0.05, 0.1) is 28.2 Å². The van der Waals surface area contributed by atoms with E-state index in [-0.39, 0.29) is 0 Å². The molecule has 128 valence electrons. The molecule has 2 N–H and O–H groups in total. The van der Waals surface area contributed by atoms with E-state index in [1.807, 2.05) is 19.1 Å². The van der Waals surface area contributed by atoms with E-state index in [1.54, 1.807) is 23.7 Å². The smallest absolute Gasteiger partial charge is 0.326 e. The fourth-order valence-electron chi connectivity index (χ4n) is 2.40. The molecule has 7 heteroatoms. The van der Waals surface area contributed by atoms with Crippen LogP contribution in [-0.4, -0.2) is 32.8 Å². The molecule has 0 fully saturated rings. The summed E-state index contributed by atoms with van der Waals surface area (Å²) in [4.78, 5) is 23.7. The van der Waals surface area contributed by atoms with Gasteiger partial charge < -0.3 is 10.4 Å². The van der Waals surface area contributed by atoms with Crippen molar-refractivity contribution in [3.63, 3.8) is 0 Å². The van der Waals surface area contributed by atoms with Crippen LogP contribution in [0.4, 0.5) is 0 Å². The van der Waals surface area contributed by atoms with Crippen LogP contribution < -0.4 is 5.32 Å². The van der Waals surface area contributed by atoms with Gasteiger partial charge in [0.2, 0.25) is 0 Å². The van der Waals surface area contributed by atoms with Crippen molar-refractivity contribution in [1.29, 1.82) is 0 Å². The van der Waals surface area contributed by atoms with Crippen molar-refractivity contribution in [2.24, 2.45) is 0 Å². The van der Waals surface area contributed by atoms with Crippen molar-refractivity contribution >= 4 is 23.5 Å². The molecule has 0 aliphatic carbocycles. The number of carbonyl (C=O) groups excluding carboxylic acids is 1. The number of rotatable bonds is 7. The van der Waals surface area contributed by atoms with Crippen molar-refractivity contribution in [2.75, 3.05) is 0 Å². The minimum Gasteiger partial charge on any atom is -0.480 e. The van der Waals surface area contributed by atoms with E-state index in [0.29, 0.717) is 28.4 Å². The van der Waals surface area contributed by atoms with Gasteiger partial charge in [-0.2, -0.15) is 5.10 Å². The molecule has 2 aromatic rings. The number of carbonyl (C=O) groups is 2. The number of nitrogens with zero attached hydrogens (tertiary/aromatic N) is 2. The Labute approximate surface area is 145 Å². The standard InChI is InChI=1S/C17H20ClN3O3/c1-3-4-8-14(17(23)24)20-16(22)12-10-19-21(11(12)2)15-9-6-5-7-13(15)18/h5-7,9-10,14H,3-4,8H2,1-2H3,(H,20,22)(H,23,24)/t14-/m0/s1. The topological polar surface area (TPSA) is 84.2 Å². The van der Waals surface area contributed by atoms with E-state index in [1.165, 1.54) is 6.20 Å². The van der Waals surface area contributed by atoms with Crippen molar-refractivity contribution in [1.82, 2.24) is 15.1 Å². The molecule has 1 heterocycles. The summed E-state index contributed by atoms with van der Waals surface area (Å²) in [5, 5.41) is 16.5. The first-order chi connectivity index (χ1) is 11.5. The first-order valence-electron chi connectivity index (χ1n) is 7.78. The van der Waals surface area contributed by atoms with Gasteiger partial charge in [-0.3, -0.25) is 4.79 Å². The van der Waals surface area contributed by atoms with E-state index >= 15 is 0 Å². The number of aromatic nitrogens is 2. The number of amides is 1. The fraction of sp³-hybridized carbons (Fsp3) is 0.353. The molecule has 0 saturated carbocycles. The third kappa shape index (κ3) is 3.94. The van der Waals surface area contributed by atoms with Crippen molar-refractivity contribution < 1.29 is 14.7 Å². The third-order valence-corrected chi connectivity index (χ3v) is 4.10. The molecule has 0 spiro atoms.